The molecule has 0 spiro atoms. The van der Waals surface area contributed by atoms with Gasteiger partial charge in [0.05, 0.1) is 18.8 Å². The molecule has 2 heterocycles. The third kappa shape index (κ3) is 5.38. The molecule has 1 aromatic rings. The summed E-state index contributed by atoms with van der Waals surface area (Å²) >= 11 is 5.58. The molecule has 7 heteroatoms. The first kappa shape index (κ1) is 21.5. The average molecular weight is 390 g/mol. The maximum atomic E-state index is 12.1. The van der Waals surface area contributed by atoms with Crippen molar-refractivity contribution in [3.63, 3.8) is 0 Å². The van der Waals surface area contributed by atoms with Gasteiger partial charge in [0.15, 0.2) is 0 Å². The van der Waals surface area contributed by atoms with Crippen LogP contribution in [-0.4, -0.2) is 58.5 Å². The van der Waals surface area contributed by atoms with Crippen LogP contribution in [0, 0.1) is 36.7 Å². The lowest BCUT2D eigenvalue weighted by Crippen LogP contribution is -2.52. The van der Waals surface area contributed by atoms with Gasteiger partial charge in [-0.05, 0) is 52.7 Å². The summed E-state index contributed by atoms with van der Waals surface area (Å²) in [5.41, 5.74) is 3.62. The SMILES string of the molecule is Cc1c(C)c(C)n(CN2CCN(CC(=O)NC(C)(C)C)CC2)c(=S)c1C#N. The van der Waals surface area contributed by atoms with E-state index >= 15 is 0 Å². The normalized spacial score (nSPS) is 16.2. The number of hydrogen-bond donors (Lipinski definition) is 1. The maximum absolute atomic E-state index is 12.1. The highest BCUT2D eigenvalue weighted by Gasteiger charge is 2.22. The van der Waals surface area contributed by atoms with Gasteiger partial charge in [-0.15, -0.1) is 0 Å². The monoisotopic (exact) mass is 389 g/mol. The van der Waals surface area contributed by atoms with Crippen molar-refractivity contribution in [1.29, 1.82) is 5.26 Å². The van der Waals surface area contributed by atoms with Gasteiger partial charge >= 0.3 is 0 Å². The van der Waals surface area contributed by atoms with Gasteiger partial charge in [-0.2, -0.15) is 5.26 Å². The number of nitrogens with one attached hydrogen (secondary N) is 1. The van der Waals surface area contributed by atoms with Gasteiger partial charge < -0.3 is 9.88 Å². The fraction of sp³-hybridized carbons (Fsp3) is 0.650. The quantitative estimate of drug-likeness (QED) is 0.802. The van der Waals surface area contributed by atoms with Gasteiger partial charge in [0, 0.05) is 37.4 Å². The molecule has 0 aliphatic carbocycles. The minimum absolute atomic E-state index is 0.0711. The lowest BCUT2D eigenvalue weighted by molar-refractivity contribution is -0.124. The van der Waals surface area contributed by atoms with Crippen LogP contribution in [0.1, 0.15) is 43.2 Å². The minimum atomic E-state index is -0.200. The molecule has 0 atom stereocenters. The van der Waals surface area contributed by atoms with Crippen molar-refractivity contribution in [2.45, 2.75) is 53.8 Å². The van der Waals surface area contributed by atoms with Crippen molar-refractivity contribution >= 4 is 18.1 Å². The first-order chi connectivity index (χ1) is 12.5. The number of amides is 1. The number of nitrogens with zero attached hydrogens (tertiary/aromatic N) is 4. The second-order valence-electron chi connectivity index (χ2n) is 8.39. The van der Waals surface area contributed by atoms with E-state index in [4.69, 9.17) is 12.2 Å². The summed E-state index contributed by atoms with van der Waals surface area (Å²) in [5.74, 6) is 0.0711. The van der Waals surface area contributed by atoms with Crippen LogP contribution < -0.4 is 5.32 Å². The first-order valence-electron chi connectivity index (χ1n) is 9.40. The molecule has 0 saturated carbocycles. The highest BCUT2D eigenvalue weighted by Crippen LogP contribution is 2.20. The molecule has 2 rings (SSSR count). The third-order valence-electron chi connectivity index (χ3n) is 5.14. The van der Waals surface area contributed by atoms with Crippen LogP contribution in [0.3, 0.4) is 0 Å². The molecular formula is C20H31N5OS. The zero-order valence-electron chi connectivity index (χ0n) is 17.3. The number of piperazine rings is 1. The highest BCUT2D eigenvalue weighted by atomic mass is 32.1. The Morgan fingerprint density at radius 1 is 1.11 bits per heavy atom. The van der Waals surface area contributed by atoms with Crippen LogP contribution >= 0.6 is 12.2 Å². The van der Waals surface area contributed by atoms with Crippen molar-refractivity contribution < 1.29 is 4.79 Å². The van der Waals surface area contributed by atoms with E-state index in [0.717, 1.165) is 43.0 Å². The predicted molar refractivity (Wildman–Crippen MR) is 110 cm³/mol. The molecule has 1 amide bonds. The van der Waals surface area contributed by atoms with E-state index in [1.165, 1.54) is 0 Å². The summed E-state index contributed by atoms with van der Waals surface area (Å²) < 4.78 is 2.68. The van der Waals surface area contributed by atoms with E-state index in [2.05, 4.69) is 32.7 Å². The fourth-order valence-corrected chi connectivity index (χ4v) is 3.75. The Bertz CT molecular complexity index is 808. The van der Waals surface area contributed by atoms with Crippen LogP contribution in [0.5, 0.6) is 0 Å². The molecule has 1 fully saturated rings. The summed E-state index contributed by atoms with van der Waals surface area (Å²) in [5, 5.41) is 12.5. The van der Waals surface area contributed by atoms with Crippen molar-refractivity contribution in [2.75, 3.05) is 32.7 Å². The van der Waals surface area contributed by atoms with Gasteiger partial charge in [-0.1, -0.05) is 12.2 Å². The molecule has 0 unspecified atom stereocenters. The van der Waals surface area contributed by atoms with E-state index in [9.17, 15) is 10.1 Å². The second-order valence-corrected chi connectivity index (χ2v) is 8.78. The van der Waals surface area contributed by atoms with Gasteiger partial charge in [0.1, 0.15) is 10.7 Å². The molecule has 27 heavy (non-hydrogen) atoms. The van der Waals surface area contributed by atoms with E-state index in [-0.39, 0.29) is 11.4 Å². The number of aromatic nitrogens is 1. The molecule has 1 saturated heterocycles. The summed E-state index contributed by atoms with van der Waals surface area (Å²) in [6.07, 6.45) is 0. The summed E-state index contributed by atoms with van der Waals surface area (Å²) in [7, 11) is 0. The Labute approximate surface area is 167 Å². The van der Waals surface area contributed by atoms with Crippen molar-refractivity contribution in [2.24, 2.45) is 0 Å². The van der Waals surface area contributed by atoms with Crippen LogP contribution in [0.25, 0.3) is 0 Å². The Balaban J connectivity index is 2.01. The molecule has 0 bridgehead atoms. The number of pyridine rings is 1. The Hall–Kier alpha value is -1.75. The van der Waals surface area contributed by atoms with E-state index in [1.807, 2.05) is 34.6 Å². The standard InChI is InChI=1S/C20H31N5OS/c1-14-15(2)17(11-21)19(27)25(16(14)3)13-24-9-7-23(8-10-24)12-18(26)22-20(4,5)6/h7-10,12-13H2,1-6H3,(H,22,26). The minimum Gasteiger partial charge on any atom is -0.350 e. The summed E-state index contributed by atoms with van der Waals surface area (Å²) in [4.78, 5) is 16.6. The van der Waals surface area contributed by atoms with Crippen LogP contribution in [0.15, 0.2) is 0 Å². The second kappa shape index (κ2) is 8.51. The molecule has 0 radical (unpaired) electrons. The topological polar surface area (TPSA) is 64.3 Å². The number of nitriles is 1. The lowest BCUT2D eigenvalue weighted by Gasteiger charge is -2.35. The predicted octanol–water partition coefficient (Wildman–Crippen LogP) is 2.50. The van der Waals surface area contributed by atoms with E-state index in [1.54, 1.807) is 0 Å². The Kier molecular flexibility index (Phi) is 6.79. The molecule has 148 valence electrons. The van der Waals surface area contributed by atoms with Crippen molar-refractivity contribution in [3.8, 4) is 6.07 Å². The van der Waals surface area contributed by atoms with Crippen molar-refractivity contribution in [3.05, 3.63) is 27.0 Å². The largest absolute Gasteiger partial charge is 0.350 e. The fourth-order valence-electron chi connectivity index (χ4n) is 3.36. The Morgan fingerprint density at radius 3 is 2.19 bits per heavy atom. The molecule has 1 aliphatic rings. The highest BCUT2D eigenvalue weighted by molar-refractivity contribution is 7.71. The van der Waals surface area contributed by atoms with E-state index in [0.29, 0.717) is 23.4 Å². The molecule has 0 aromatic carbocycles. The molecule has 1 aliphatic heterocycles. The smallest absolute Gasteiger partial charge is 0.234 e. The maximum Gasteiger partial charge on any atom is 0.234 e. The molecular weight excluding hydrogens is 358 g/mol. The molecule has 1 N–H and O–H groups in total. The Morgan fingerprint density at radius 2 is 1.67 bits per heavy atom. The number of carbonyl (C=O) groups is 1. The number of rotatable bonds is 4. The number of carbonyl (C=O) groups excluding carboxylic acids is 1. The lowest BCUT2D eigenvalue weighted by atomic mass is 10.0. The third-order valence-corrected chi connectivity index (χ3v) is 5.57. The molecule has 6 nitrogen and oxygen atoms in total. The van der Waals surface area contributed by atoms with Gasteiger partial charge in [0.2, 0.25) is 5.91 Å². The van der Waals surface area contributed by atoms with Crippen molar-refractivity contribution in [1.82, 2.24) is 19.7 Å². The van der Waals surface area contributed by atoms with Gasteiger partial charge in [-0.3, -0.25) is 14.6 Å². The van der Waals surface area contributed by atoms with E-state index < -0.39 is 0 Å². The first-order valence-corrected chi connectivity index (χ1v) is 9.80. The molecule has 1 aromatic heterocycles. The summed E-state index contributed by atoms with van der Waals surface area (Å²) in [6.45, 7) is 16.6. The number of hydrogen-bond acceptors (Lipinski definition) is 5. The van der Waals surface area contributed by atoms with Gasteiger partial charge in [0.25, 0.3) is 0 Å². The van der Waals surface area contributed by atoms with Crippen LogP contribution in [-0.2, 0) is 11.5 Å². The zero-order valence-corrected chi connectivity index (χ0v) is 18.2. The zero-order chi connectivity index (χ0) is 20.4. The van der Waals surface area contributed by atoms with Crippen LogP contribution in [0.4, 0.5) is 0 Å². The van der Waals surface area contributed by atoms with Crippen LogP contribution in [0.2, 0.25) is 0 Å². The average Bonchev–Trinajstić information content (AvgIpc) is 2.57. The summed E-state index contributed by atoms with van der Waals surface area (Å²) in [6, 6.07) is 2.26. The van der Waals surface area contributed by atoms with Gasteiger partial charge in [-0.25, -0.2) is 0 Å².